The molecule has 2 heteroatoms. The summed E-state index contributed by atoms with van der Waals surface area (Å²) in [6.07, 6.45) is 0. The SMILES string of the molecule is CC#CCOc1ccccc1OC. The van der Waals surface area contributed by atoms with Crippen LogP contribution in [0.5, 0.6) is 11.5 Å². The lowest BCUT2D eigenvalue weighted by molar-refractivity contribution is 0.331. The molecule has 1 rings (SSSR count). The van der Waals surface area contributed by atoms with Gasteiger partial charge in [0.05, 0.1) is 7.11 Å². The fourth-order valence-corrected chi connectivity index (χ4v) is 0.924. The molecular weight excluding hydrogens is 164 g/mol. The van der Waals surface area contributed by atoms with E-state index in [9.17, 15) is 0 Å². The first-order chi connectivity index (χ1) is 6.38. The first kappa shape index (κ1) is 9.47. The second-order valence-electron chi connectivity index (χ2n) is 2.37. The van der Waals surface area contributed by atoms with Crippen molar-refractivity contribution < 1.29 is 9.47 Å². The highest BCUT2D eigenvalue weighted by atomic mass is 16.5. The Hall–Kier alpha value is -1.62. The lowest BCUT2D eigenvalue weighted by Crippen LogP contribution is -1.96. The van der Waals surface area contributed by atoms with Crippen molar-refractivity contribution in [2.24, 2.45) is 0 Å². The van der Waals surface area contributed by atoms with E-state index in [1.165, 1.54) is 0 Å². The highest BCUT2D eigenvalue weighted by Gasteiger charge is 1.99. The monoisotopic (exact) mass is 176 g/mol. The third-order valence-electron chi connectivity index (χ3n) is 1.55. The van der Waals surface area contributed by atoms with Gasteiger partial charge >= 0.3 is 0 Å². The molecule has 0 heterocycles. The van der Waals surface area contributed by atoms with E-state index in [0.29, 0.717) is 6.61 Å². The van der Waals surface area contributed by atoms with Gasteiger partial charge in [0.2, 0.25) is 0 Å². The first-order valence-electron chi connectivity index (χ1n) is 4.04. The van der Waals surface area contributed by atoms with E-state index in [-0.39, 0.29) is 0 Å². The van der Waals surface area contributed by atoms with Gasteiger partial charge in [0, 0.05) is 0 Å². The number of benzene rings is 1. The van der Waals surface area contributed by atoms with Gasteiger partial charge in [0.25, 0.3) is 0 Å². The van der Waals surface area contributed by atoms with Crippen LogP contribution < -0.4 is 9.47 Å². The minimum absolute atomic E-state index is 0.400. The van der Waals surface area contributed by atoms with Crippen molar-refractivity contribution in [3.8, 4) is 23.3 Å². The average molecular weight is 176 g/mol. The van der Waals surface area contributed by atoms with E-state index in [1.54, 1.807) is 14.0 Å². The Balaban J connectivity index is 2.67. The predicted octanol–water partition coefficient (Wildman–Crippen LogP) is 2.10. The smallest absolute Gasteiger partial charge is 0.162 e. The zero-order chi connectivity index (χ0) is 9.52. The third kappa shape index (κ3) is 2.72. The fraction of sp³-hybridized carbons (Fsp3) is 0.273. The normalized spacial score (nSPS) is 8.46. The molecule has 0 bridgehead atoms. The van der Waals surface area contributed by atoms with Gasteiger partial charge < -0.3 is 9.47 Å². The van der Waals surface area contributed by atoms with Gasteiger partial charge in [-0.3, -0.25) is 0 Å². The summed E-state index contributed by atoms with van der Waals surface area (Å²) in [6, 6.07) is 7.51. The minimum atomic E-state index is 0.400. The molecule has 0 aliphatic heterocycles. The van der Waals surface area contributed by atoms with E-state index in [4.69, 9.17) is 9.47 Å². The van der Waals surface area contributed by atoms with Gasteiger partial charge in [-0.2, -0.15) is 0 Å². The summed E-state index contributed by atoms with van der Waals surface area (Å²) < 4.78 is 10.5. The van der Waals surface area contributed by atoms with Gasteiger partial charge in [-0.15, -0.1) is 5.92 Å². The number of methoxy groups -OCH3 is 1. The Morgan fingerprint density at radius 3 is 2.54 bits per heavy atom. The van der Waals surface area contributed by atoms with E-state index in [2.05, 4.69) is 11.8 Å². The second kappa shape index (κ2) is 5.10. The quantitative estimate of drug-likeness (QED) is 0.656. The number of rotatable bonds is 3. The molecule has 0 aliphatic carbocycles. The topological polar surface area (TPSA) is 18.5 Å². The van der Waals surface area contributed by atoms with Crippen LogP contribution in [0, 0.1) is 11.8 Å². The molecule has 2 nitrogen and oxygen atoms in total. The summed E-state index contributed by atoms with van der Waals surface area (Å²) in [4.78, 5) is 0. The fourth-order valence-electron chi connectivity index (χ4n) is 0.924. The van der Waals surface area contributed by atoms with Crippen molar-refractivity contribution in [2.45, 2.75) is 6.92 Å². The van der Waals surface area contributed by atoms with Gasteiger partial charge in [-0.25, -0.2) is 0 Å². The molecule has 0 atom stereocenters. The third-order valence-corrected chi connectivity index (χ3v) is 1.55. The van der Waals surface area contributed by atoms with Crippen LogP contribution in [0.25, 0.3) is 0 Å². The summed E-state index contributed by atoms with van der Waals surface area (Å²) in [5.41, 5.74) is 0. The summed E-state index contributed by atoms with van der Waals surface area (Å²) in [7, 11) is 1.62. The zero-order valence-corrected chi connectivity index (χ0v) is 7.83. The molecule has 0 saturated carbocycles. The Labute approximate surface area is 78.5 Å². The molecule has 0 aromatic heterocycles. The van der Waals surface area contributed by atoms with Crippen molar-refractivity contribution >= 4 is 0 Å². The minimum Gasteiger partial charge on any atom is -0.493 e. The van der Waals surface area contributed by atoms with E-state index < -0.39 is 0 Å². The molecule has 68 valence electrons. The van der Waals surface area contributed by atoms with Crippen LogP contribution in [0.3, 0.4) is 0 Å². The maximum absolute atomic E-state index is 5.37. The lowest BCUT2D eigenvalue weighted by atomic mass is 10.3. The predicted molar refractivity (Wildman–Crippen MR) is 51.9 cm³/mol. The number of hydrogen-bond donors (Lipinski definition) is 0. The van der Waals surface area contributed by atoms with Gasteiger partial charge in [-0.05, 0) is 19.1 Å². The van der Waals surface area contributed by atoms with Crippen molar-refractivity contribution in [2.75, 3.05) is 13.7 Å². The molecule has 13 heavy (non-hydrogen) atoms. The second-order valence-corrected chi connectivity index (χ2v) is 2.37. The summed E-state index contributed by atoms with van der Waals surface area (Å²) in [6.45, 7) is 2.18. The first-order valence-corrected chi connectivity index (χ1v) is 4.04. The lowest BCUT2D eigenvalue weighted by Gasteiger charge is -2.06. The average Bonchev–Trinajstić information content (AvgIpc) is 2.19. The van der Waals surface area contributed by atoms with Gasteiger partial charge in [0.15, 0.2) is 11.5 Å². The largest absolute Gasteiger partial charge is 0.493 e. The Morgan fingerprint density at radius 1 is 1.23 bits per heavy atom. The van der Waals surface area contributed by atoms with E-state index in [1.807, 2.05) is 24.3 Å². The van der Waals surface area contributed by atoms with Crippen LogP contribution in [0.4, 0.5) is 0 Å². The van der Waals surface area contributed by atoms with E-state index in [0.717, 1.165) is 11.5 Å². The standard InChI is InChI=1S/C11H12O2/c1-3-4-9-13-11-8-6-5-7-10(11)12-2/h5-8H,9H2,1-2H3. The summed E-state index contributed by atoms with van der Waals surface area (Å²) >= 11 is 0. The van der Waals surface area contributed by atoms with Crippen LogP contribution in [0.1, 0.15) is 6.92 Å². The highest BCUT2D eigenvalue weighted by molar-refractivity contribution is 5.39. The van der Waals surface area contributed by atoms with E-state index >= 15 is 0 Å². The van der Waals surface area contributed by atoms with Crippen LogP contribution in [-0.2, 0) is 0 Å². The van der Waals surface area contributed by atoms with Crippen molar-refractivity contribution in [1.82, 2.24) is 0 Å². The zero-order valence-electron chi connectivity index (χ0n) is 7.83. The van der Waals surface area contributed by atoms with Crippen molar-refractivity contribution in [3.05, 3.63) is 24.3 Å². The number of para-hydroxylation sites is 2. The van der Waals surface area contributed by atoms with Gasteiger partial charge in [-0.1, -0.05) is 18.1 Å². The molecular formula is C11H12O2. The molecule has 0 unspecified atom stereocenters. The number of hydrogen-bond acceptors (Lipinski definition) is 2. The Morgan fingerprint density at radius 2 is 1.92 bits per heavy atom. The molecule has 0 amide bonds. The Kier molecular flexibility index (Phi) is 3.72. The summed E-state index contributed by atoms with van der Waals surface area (Å²) in [5.74, 6) is 7.05. The molecule has 0 spiro atoms. The van der Waals surface area contributed by atoms with Crippen LogP contribution in [0.2, 0.25) is 0 Å². The molecule has 0 N–H and O–H groups in total. The maximum atomic E-state index is 5.37. The maximum Gasteiger partial charge on any atom is 0.162 e. The molecule has 0 aliphatic rings. The van der Waals surface area contributed by atoms with Crippen LogP contribution in [-0.4, -0.2) is 13.7 Å². The van der Waals surface area contributed by atoms with Crippen LogP contribution in [0.15, 0.2) is 24.3 Å². The molecule has 0 saturated heterocycles. The molecule has 1 aromatic rings. The molecule has 1 aromatic carbocycles. The van der Waals surface area contributed by atoms with Crippen molar-refractivity contribution in [1.29, 1.82) is 0 Å². The molecule has 0 fully saturated rings. The highest BCUT2D eigenvalue weighted by Crippen LogP contribution is 2.25. The van der Waals surface area contributed by atoms with Crippen LogP contribution >= 0.6 is 0 Å². The van der Waals surface area contributed by atoms with Gasteiger partial charge in [0.1, 0.15) is 6.61 Å². The summed E-state index contributed by atoms with van der Waals surface area (Å²) in [5, 5.41) is 0. The van der Waals surface area contributed by atoms with Crippen molar-refractivity contribution in [3.63, 3.8) is 0 Å². The number of ether oxygens (including phenoxy) is 2. The molecule has 0 radical (unpaired) electrons. The Bertz CT molecular complexity index is 320.